The lowest BCUT2D eigenvalue weighted by molar-refractivity contribution is -0.113. The van der Waals surface area contributed by atoms with E-state index in [1.54, 1.807) is 19.1 Å². The zero-order valence-electron chi connectivity index (χ0n) is 11.0. The number of hydrogen-bond donors (Lipinski definition) is 2. The van der Waals surface area contributed by atoms with Crippen molar-refractivity contribution in [2.45, 2.75) is 12.1 Å². The second kappa shape index (κ2) is 5.82. The van der Waals surface area contributed by atoms with Crippen LogP contribution < -0.4 is 14.8 Å². The molecule has 2 aromatic rings. The highest BCUT2D eigenvalue weighted by atomic mass is 35.5. The molecule has 1 aliphatic rings. The molecule has 1 aromatic heterocycles. The van der Waals surface area contributed by atoms with E-state index in [0.717, 1.165) is 0 Å². The van der Waals surface area contributed by atoms with Crippen molar-refractivity contribution in [1.29, 1.82) is 0 Å². The number of aromatic nitrogens is 3. The minimum atomic E-state index is -0.205. The fourth-order valence-electron chi connectivity index (χ4n) is 1.72. The third-order valence-corrected chi connectivity index (χ3v) is 3.81. The molecule has 0 fully saturated rings. The first-order valence-electron chi connectivity index (χ1n) is 6.02. The smallest absolute Gasteiger partial charge is 0.234 e. The lowest BCUT2D eigenvalue weighted by atomic mass is 10.2. The molecule has 7 nitrogen and oxygen atoms in total. The molecule has 9 heteroatoms. The van der Waals surface area contributed by atoms with Crippen molar-refractivity contribution in [2.75, 3.05) is 17.9 Å². The number of aryl methyl sites for hydroxylation is 1. The number of rotatable bonds is 4. The van der Waals surface area contributed by atoms with E-state index >= 15 is 0 Å². The summed E-state index contributed by atoms with van der Waals surface area (Å²) in [6, 6.07) is 3.26. The highest BCUT2D eigenvalue weighted by Gasteiger charge is 2.17. The van der Waals surface area contributed by atoms with Crippen LogP contribution >= 0.6 is 23.4 Å². The standard InChI is InChI=1S/C12H11ClN4O3S/c1-6-14-12(17-16-6)21-4-11(18)15-8-3-10-9(2-7(8)13)19-5-20-10/h2-3H,4-5H2,1H3,(H,15,18)(H,14,16,17). The van der Waals surface area contributed by atoms with Gasteiger partial charge in [-0.3, -0.25) is 9.89 Å². The molecule has 1 aliphatic heterocycles. The Morgan fingerprint density at radius 2 is 2.24 bits per heavy atom. The summed E-state index contributed by atoms with van der Waals surface area (Å²) in [7, 11) is 0. The normalized spacial score (nSPS) is 12.5. The van der Waals surface area contributed by atoms with Crippen LogP contribution in [0.1, 0.15) is 5.82 Å². The van der Waals surface area contributed by atoms with Gasteiger partial charge in [-0.15, -0.1) is 5.10 Å². The number of carbonyl (C=O) groups is 1. The van der Waals surface area contributed by atoms with E-state index < -0.39 is 0 Å². The molecule has 0 saturated heterocycles. The molecule has 0 radical (unpaired) electrons. The number of nitrogens with zero attached hydrogens (tertiary/aromatic N) is 2. The fraction of sp³-hybridized carbons (Fsp3) is 0.250. The highest BCUT2D eigenvalue weighted by Crippen LogP contribution is 2.39. The van der Waals surface area contributed by atoms with Crippen molar-refractivity contribution >= 4 is 35.0 Å². The summed E-state index contributed by atoms with van der Waals surface area (Å²) >= 11 is 7.32. The molecule has 0 atom stereocenters. The Kier molecular flexibility index (Phi) is 3.89. The van der Waals surface area contributed by atoms with Gasteiger partial charge in [0, 0.05) is 12.1 Å². The first kappa shape index (κ1) is 14.0. The maximum Gasteiger partial charge on any atom is 0.234 e. The predicted molar refractivity (Wildman–Crippen MR) is 78.0 cm³/mol. The van der Waals surface area contributed by atoms with Gasteiger partial charge < -0.3 is 14.8 Å². The summed E-state index contributed by atoms with van der Waals surface area (Å²) in [5.41, 5.74) is 0.484. The van der Waals surface area contributed by atoms with E-state index in [1.165, 1.54) is 11.8 Å². The topological polar surface area (TPSA) is 89.1 Å². The lowest BCUT2D eigenvalue weighted by Gasteiger charge is -2.07. The van der Waals surface area contributed by atoms with Crippen molar-refractivity contribution in [3.05, 3.63) is 23.0 Å². The number of ether oxygens (including phenoxy) is 2. The Bertz CT molecular complexity index is 691. The van der Waals surface area contributed by atoms with Gasteiger partial charge in [0.25, 0.3) is 0 Å². The van der Waals surface area contributed by atoms with Gasteiger partial charge >= 0.3 is 0 Å². The van der Waals surface area contributed by atoms with Gasteiger partial charge in [0.15, 0.2) is 11.5 Å². The van der Waals surface area contributed by atoms with Crippen LogP contribution in [-0.2, 0) is 4.79 Å². The molecular formula is C12H11ClN4O3S. The second-order valence-corrected chi connectivity index (χ2v) is 5.58. The lowest BCUT2D eigenvalue weighted by Crippen LogP contribution is -2.14. The second-order valence-electron chi connectivity index (χ2n) is 4.23. The van der Waals surface area contributed by atoms with Crippen molar-refractivity contribution < 1.29 is 14.3 Å². The number of amides is 1. The molecule has 3 rings (SSSR count). The van der Waals surface area contributed by atoms with Gasteiger partial charge in [-0.25, -0.2) is 4.98 Å². The molecule has 0 unspecified atom stereocenters. The monoisotopic (exact) mass is 326 g/mol. The molecule has 110 valence electrons. The minimum Gasteiger partial charge on any atom is -0.454 e. The van der Waals surface area contributed by atoms with Gasteiger partial charge in [-0.1, -0.05) is 23.4 Å². The quantitative estimate of drug-likeness (QED) is 0.837. The largest absolute Gasteiger partial charge is 0.454 e. The summed E-state index contributed by atoms with van der Waals surface area (Å²) in [5.74, 6) is 1.82. The van der Waals surface area contributed by atoms with Crippen LogP contribution in [0, 0.1) is 6.92 Å². The molecule has 1 amide bonds. The van der Waals surface area contributed by atoms with Crippen LogP contribution in [0.4, 0.5) is 5.69 Å². The van der Waals surface area contributed by atoms with E-state index in [-0.39, 0.29) is 18.5 Å². The van der Waals surface area contributed by atoms with Gasteiger partial charge in [-0.05, 0) is 6.92 Å². The van der Waals surface area contributed by atoms with E-state index in [9.17, 15) is 4.79 Å². The Morgan fingerprint density at radius 1 is 1.48 bits per heavy atom. The summed E-state index contributed by atoms with van der Waals surface area (Å²) in [4.78, 5) is 16.0. The van der Waals surface area contributed by atoms with Crippen LogP contribution in [0.3, 0.4) is 0 Å². The van der Waals surface area contributed by atoms with E-state index in [4.69, 9.17) is 21.1 Å². The number of fused-ring (bicyclic) bond motifs is 1. The van der Waals surface area contributed by atoms with Crippen LogP contribution in [0.5, 0.6) is 11.5 Å². The number of H-pyrrole nitrogens is 1. The SMILES string of the molecule is Cc1nc(SCC(=O)Nc2cc3c(cc2Cl)OCO3)n[nH]1. The fourth-order valence-corrected chi connectivity index (χ4v) is 2.56. The first-order chi connectivity index (χ1) is 10.1. The highest BCUT2D eigenvalue weighted by molar-refractivity contribution is 7.99. The van der Waals surface area contributed by atoms with Crippen LogP contribution in [-0.4, -0.2) is 33.6 Å². The number of aromatic amines is 1. The van der Waals surface area contributed by atoms with Gasteiger partial charge in [0.1, 0.15) is 5.82 Å². The van der Waals surface area contributed by atoms with Crippen molar-refractivity contribution in [1.82, 2.24) is 15.2 Å². The van der Waals surface area contributed by atoms with E-state index in [0.29, 0.717) is 33.2 Å². The number of nitrogens with one attached hydrogen (secondary N) is 2. The zero-order valence-corrected chi connectivity index (χ0v) is 12.5. The van der Waals surface area contributed by atoms with Gasteiger partial charge in [0.2, 0.25) is 17.9 Å². The molecule has 0 spiro atoms. The number of benzene rings is 1. The van der Waals surface area contributed by atoms with Crippen molar-refractivity contribution in [3.63, 3.8) is 0 Å². The Morgan fingerprint density at radius 3 is 2.95 bits per heavy atom. The van der Waals surface area contributed by atoms with Crippen LogP contribution in [0.15, 0.2) is 17.3 Å². The summed E-state index contributed by atoms with van der Waals surface area (Å²) in [5, 5.41) is 10.3. The molecule has 0 aliphatic carbocycles. The molecule has 2 heterocycles. The Balaban J connectivity index is 1.62. The molecule has 1 aromatic carbocycles. The average Bonchev–Trinajstić information content (AvgIpc) is 3.05. The summed E-state index contributed by atoms with van der Waals surface area (Å²) in [6.45, 7) is 1.95. The third kappa shape index (κ3) is 3.22. The molecule has 0 bridgehead atoms. The minimum absolute atomic E-state index is 0.156. The predicted octanol–water partition coefficient (Wildman–Crippen LogP) is 2.23. The molecular weight excluding hydrogens is 316 g/mol. The Labute approximate surface area is 129 Å². The van der Waals surface area contributed by atoms with E-state index in [2.05, 4.69) is 20.5 Å². The zero-order chi connectivity index (χ0) is 14.8. The van der Waals surface area contributed by atoms with Gasteiger partial charge in [-0.2, -0.15) is 0 Å². The Hall–Kier alpha value is -1.93. The molecule has 0 saturated carbocycles. The van der Waals surface area contributed by atoms with Crippen molar-refractivity contribution in [2.24, 2.45) is 0 Å². The maximum absolute atomic E-state index is 11.9. The van der Waals surface area contributed by atoms with E-state index in [1.807, 2.05) is 0 Å². The summed E-state index contributed by atoms with van der Waals surface area (Å²) < 4.78 is 10.4. The third-order valence-electron chi connectivity index (χ3n) is 2.65. The van der Waals surface area contributed by atoms with Crippen molar-refractivity contribution in [3.8, 4) is 11.5 Å². The summed E-state index contributed by atoms with van der Waals surface area (Å²) in [6.07, 6.45) is 0. The maximum atomic E-state index is 11.9. The van der Waals surface area contributed by atoms with Gasteiger partial charge in [0.05, 0.1) is 16.5 Å². The van der Waals surface area contributed by atoms with Crippen LogP contribution in [0.2, 0.25) is 5.02 Å². The number of anilines is 1. The number of thioether (sulfide) groups is 1. The number of carbonyl (C=O) groups excluding carboxylic acids is 1. The first-order valence-corrected chi connectivity index (χ1v) is 7.39. The van der Waals surface area contributed by atoms with Crippen LogP contribution in [0.25, 0.3) is 0 Å². The average molecular weight is 327 g/mol. The number of halogens is 1. The molecule has 21 heavy (non-hydrogen) atoms. The molecule has 2 N–H and O–H groups in total. The number of hydrogen-bond acceptors (Lipinski definition) is 6.